The molecule has 1 aromatic rings. The molecule has 4 atom stereocenters. The lowest BCUT2D eigenvalue weighted by molar-refractivity contribution is -0.384. The monoisotopic (exact) mass is 399 g/mol. The van der Waals surface area contributed by atoms with Gasteiger partial charge < -0.3 is 4.74 Å². The van der Waals surface area contributed by atoms with Crippen LogP contribution in [0.1, 0.15) is 64.9 Å². The Balaban J connectivity index is 1.78. The molecule has 1 aliphatic heterocycles. The fraction of sp³-hybridized carbons (Fsp3) is 0.652. The molecule has 0 radical (unpaired) electrons. The van der Waals surface area contributed by atoms with Crippen molar-refractivity contribution in [2.45, 2.75) is 71.5 Å². The standard InChI is InChI=1S/C23H29NO5/c1-22(2)9-15(25)20-17(11-22)29-18-12-23(3,4)10-16(26)21(18)19(20)13-5-7-14(8-6-13)24(27)28/h5-8,17-21H,9-12H2,1-4H3. The highest BCUT2D eigenvalue weighted by Crippen LogP contribution is 2.54. The molecule has 3 aliphatic rings. The van der Waals surface area contributed by atoms with Gasteiger partial charge in [0.15, 0.2) is 0 Å². The predicted octanol–water partition coefficient (Wildman–Crippen LogP) is 4.46. The number of Topliss-reactive ketones (excluding diaryl/α,β-unsaturated/α-hetero) is 2. The number of non-ortho nitro benzene ring substituents is 1. The highest BCUT2D eigenvalue weighted by atomic mass is 16.6. The van der Waals surface area contributed by atoms with Crippen LogP contribution in [0.2, 0.25) is 0 Å². The molecule has 2 aliphatic carbocycles. The zero-order valence-electron chi connectivity index (χ0n) is 17.5. The first kappa shape index (κ1) is 20.2. The number of carbonyl (C=O) groups excluding carboxylic acids is 2. The summed E-state index contributed by atoms with van der Waals surface area (Å²) >= 11 is 0. The number of hydrogen-bond donors (Lipinski definition) is 0. The molecule has 0 spiro atoms. The molecule has 0 amide bonds. The fourth-order valence-electron chi connectivity index (χ4n) is 5.89. The van der Waals surface area contributed by atoms with Crippen LogP contribution in [0.25, 0.3) is 0 Å². The molecule has 4 rings (SSSR count). The second-order valence-electron chi connectivity index (χ2n) is 10.7. The molecule has 29 heavy (non-hydrogen) atoms. The van der Waals surface area contributed by atoms with Gasteiger partial charge in [-0.05, 0) is 29.2 Å². The number of nitro groups is 1. The molecular weight excluding hydrogens is 370 g/mol. The summed E-state index contributed by atoms with van der Waals surface area (Å²) in [6.07, 6.45) is 2.08. The number of ether oxygens (including phenoxy) is 1. The van der Waals surface area contributed by atoms with Crippen LogP contribution in [0.5, 0.6) is 0 Å². The van der Waals surface area contributed by atoms with Gasteiger partial charge in [-0.3, -0.25) is 19.7 Å². The summed E-state index contributed by atoms with van der Waals surface area (Å²) in [6, 6.07) is 6.40. The minimum absolute atomic E-state index is 0.0149. The van der Waals surface area contributed by atoms with E-state index >= 15 is 0 Å². The van der Waals surface area contributed by atoms with Crippen LogP contribution in [-0.2, 0) is 14.3 Å². The van der Waals surface area contributed by atoms with Gasteiger partial charge in [0, 0.05) is 30.9 Å². The van der Waals surface area contributed by atoms with Crippen LogP contribution >= 0.6 is 0 Å². The van der Waals surface area contributed by atoms with Crippen molar-refractivity contribution in [1.82, 2.24) is 0 Å². The minimum Gasteiger partial charge on any atom is -0.373 e. The van der Waals surface area contributed by atoms with Crippen LogP contribution in [0, 0.1) is 32.8 Å². The van der Waals surface area contributed by atoms with Gasteiger partial charge >= 0.3 is 0 Å². The van der Waals surface area contributed by atoms with E-state index in [0.717, 1.165) is 18.4 Å². The number of rotatable bonds is 2. The summed E-state index contributed by atoms with van der Waals surface area (Å²) in [5, 5.41) is 11.1. The van der Waals surface area contributed by atoms with Gasteiger partial charge in [-0.1, -0.05) is 39.8 Å². The van der Waals surface area contributed by atoms with Crippen molar-refractivity contribution in [2.24, 2.45) is 22.7 Å². The Morgan fingerprint density at radius 1 is 0.862 bits per heavy atom. The zero-order chi connectivity index (χ0) is 21.1. The Morgan fingerprint density at radius 3 is 1.72 bits per heavy atom. The number of nitrogens with zero attached hydrogens (tertiary/aromatic N) is 1. The van der Waals surface area contributed by atoms with Crippen LogP contribution in [0.3, 0.4) is 0 Å². The Morgan fingerprint density at radius 2 is 1.31 bits per heavy atom. The van der Waals surface area contributed by atoms with E-state index in [1.807, 2.05) is 0 Å². The van der Waals surface area contributed by atoms with Gasteiger partial charge in [0.05, 0.1) is 29.0 Å². The van der Waals surface area contributed by atoms with E-state index in [9.17, 15) is 19.7 Å². The average molecular weight is 399 g/mol. The summed E-state index contributed by atoms with van der Waals surface area (Å²) in [7, 11) is 0. The lowest BCUT2D eigenvalue weighted by Crippen LogP contribution is -2.58. The second-order valence-corrected chi connectivity index (χ2v) is 10.7. The van der Waals surface area contributed by atoms with Crippen molar-refractivity contribution in [3.63, 3.8) is 0 Å². The molecule has 2 saturated carbocycles. The van der Waals surface area contributed by atoms with Crippen LogP contribution in [0.15, 0.2) is 24.3 Å². The number of ketones is 2. The topological polar surface area (TPSA) is 86.5 Å². The van der Waals surface area contributed by atoms with E-state index in [-0.39, 0.29) is 58.0 Å². The lowest BCUT2D eigenvalue weighted by atomic mass is 9.56. The molecule has 1 saturated heterocycles. The van der Waals surface area contributed by atoms with E-state index in [1.165, 1.54) is 12.1 Å². The highest BCUT2D eigenvalue weighted by molar-refractivity contribution is 5.89. The third-order valence-corrected chi connectivity index (χ3v) is 6.97. The molecular formula is C23H29NO5. The number of hydrogen-bond acceptors (Lipinski definition) is 5. The third-order valence-electron chi connectivity index (χ3n) is 6.97. The molecule has 1 aromatic carbocycles. The van der Waals surface area contributed by atoms with Crippen LogP contribution in [-0.4, -0.2) is 28.7 Å². The third kappa shape index (κ3) is 3.63. The Bertz CT molecular complexity index is 815. The second kappa shape index (κ2) is 6.73. The maximum atomic E-state index is 13.2. The van der Waals surface area contributed by atoms with E-state index in [2.05, 4.69) is 27.7 Å². The summed E-state index contributed by atoms with van der Waals surface area (Å²) in [5.74, 6) is -0.713. The molecule has 6 heteroatoms. The van der Waals surface area contributed by atoms with E-state index in [0.29, 0.717) is 12.8 Å². The Hall–Kier alpha value is -2.08. The van der Waals surface area contributed by atoms with Crippen molar-refractivity contribution < 1.29 is 19.2 Å². The van der Waals surface area contributed by atoms with Gasteiger partial charge in [0.1, 0.15) is 11.6 Å². The number of benzene rings is 1. The minimum atomic E-state index is -0.429. The van der Waals surface area contributed by atoms with E-state index in [4.69, 9.17) is 4.74 Å². The van der Waals surface area contributed by atoms with Gasteiger partial charge in [-0.15, -0.1) is 0 Å². The first-order chi connectivity index (χ1) is 13.5. The first-order valence-corrected chi connectivity index (χ1v) is 10.4. The quantitative estimate of drug-likeness (QED) is 0.541. The summed E-state index contributed by atoms with van der Waals surface area (Å²) in [5.41, 5.74) is 0.602. The molecule has 1 heterocycles. The van der Waals surface area contributed by atoms with Gasteiger partial charge in [0.25, 0.3) is 5.69 Å². The van der Waals surface area contributed by atoms with Gasteiger partial charge in [-0.2, -0.15) is 0 Å². The van der Waals surface area contributed by atoms with Gasteiger partial charge in [0.2, 0.25) is 0 Å². The Labute approximate surface area is 171 Å². The van der Waals surface area contributed by atoms with Crippen molar-refractivity contribution in [2.75, 3.05) is 0 Å². The summed E-state index contributed by atoms with van der Waals surface area (Å²) in [4.78, 5) is 37.1. The fourth-order valence-corrected chi connectivity index (χ4v) is 5.89. The molecule has 0 N–H and O–H groups in total. The number of carbonyl (C=O) groups is 2. The maximum absolute atomic E-state index is 13.2. The molecule has 0 aromatic heterocycles. The zero-order valence-corrected chi connectivity index (χ0v) is 17.5. The average Bonchev–Trinajstić information content (AvgIpc) is 2.57. The van der Waals surface area contributed by atoms with Gasteiger partial charge in [-0.25, -0.2) is 0 Å². The van der Waals surface area contributed by atoms with Crippen molar-refractivity contribution >= 4 is 17.3 Å². The van der Waals surface area contributed by atoms with Crippen LogP contribution in [0.4, 0.5) is 5.69 Å². The number of nitro benzene ring substituents is 1. The normalized spacial score (nSPS) is 35.5. The molecule has 4 unspecified atom stereocenters. The van der Waals surface area contributed by atoms with E-state index in [1.54, 1.807) is 12.1 Å². The molecule has 156 valence electrons. The highest BCUT2D eigenvalue weighted by Gasteiger charge is 2.57. The summed E-state index contributed by atoms with van der Waals surface area (Å²) < 4.78 is 6.47. The Kier molecular flexibility index (Phi) is 4.69. The predicted molar refractivity (Wildman–Crippen MR) is 108 cm³/mol. The maximum Gasteiger partial charge on any atom is 0.269 e. The molecule has 0 bridgehead atoms. The first-order valence-electron chi connectivity index (χ1n) is 10.4. The summed E-state index contributed by atoms with van der Waals surface area (Å²) in [6.45, 7) is 8.36. The molecule has 6 nitrogen and oxygen atoms in total. The van der Waals surface area contributed by atoms with Crippen molar-refractivity contribution in [3.8, 4) is 0 Å². The molecule has 3 fully saturated rings. The SMILES string of the molecule is CC1(C)CC(=O)C2C(C1)OC1CC(C)(C)CC(=O)C1C2c1ccc([N+](=O)[O-])cc1. The van der Waals surface area contributed by atoms with Crippen molar-refractivity contribution in [3.05, 3.63) is 39.9 Å². The smallest absolute Gasteiger partial charge is 0.269 e. The van der Waals surface area contributed by atoms with Crippen molar-refractivity contribution in [1.29, 1.82) is 0 Å². The van der Waals surface area contributed by atoms with Crippen LogP contribution < -0.4 is 0 Å². The largest absolute Gasteiger partial charge is 0.373 e. The van der Waals surface area contributed by atoms with E-state index < -0.39 is 4.92 Å². The number of fused-ring (bicyclic) bond motifs is 2. The lowest BCUT2D eigenvalue weighted by Gasteiger charge is -2.54.